The number of fused-ring (bicyclic) bond motifs is 1. The fourth-order valence-electron chi connectivity index (χ4n) is 1.21. The molecular formula is C10H9As. The Morgan fingerprint density at radius 1 is 0.818 bits per heavy atom. The van der Waals surface area contributed by atoms with Gasteiger partial charge in [0.05, 0.1) is 0 Å². The standard InChI is InChI=1S/C10H9As/c11-10-6-5-8-3-1-2-4-9(8)7-10/h1-7H,11H2. The van der Waals surface area contributed by atoms with Crippen LogP contribution in [-0.2, 0) is 0 Å². The average molecular weight is 204 g/mol. The number of hydrogen-bond donors (Lipinski definition) is 0. The molecule has 0 aromatic heterocycles. The van der Waals surface area contributed by atoms with E-state index in [2.05, 4.69) is 42.5 Å². The molecule has 0 amide bonds. The predicted octanol–water partition coefficient (Wildman–Crippen LogP) is 1.10. The van der Waals surface area contributed by atoms with Gasteiger partial charge in [0.1, 0.15) is 0 Å². The Morgan fingerprint density at radius 2 is 1.55 bits per heavy atom. The molecule has 0 radical (unpaired) electrons. The van der Waals surface area contributed by atoms with Gasteiger partial charge >= 0.3 is 74.4 Å². The summed E-state index contributed by atoms with van der Waals surface area (Å²) < 4.78 is 1.39. The second-order valence-electron chi connectivity index (χ2n) is 2.61. The molecule has 2 aromatic rings. The Morgan fingerprint density at radius 3 is 2.36 bits per heavy atom. The van der Waals surface area contributed by atoms with E-state index in [-0.39, 0.29) is 0 Å². The Bertz CT molecular complexity index is 379. The van der Waals surface area contributed by atoms with E-state index in [4.69, 9.17) is 0 Å². The van der Waals surface area contributed by atoms with Crippen molar-refractivity contribution in [3.05, 3.63) is 42.5 Å². The zero-order chi connectivity index (χ0) is 7.68. The molecule has 0 fully saturated rings. The van der Waals surface area contributed by atoms with Gasteiger partial charge in [-0.2, -0.15) is 0 Å². The van der Waals surface area contributed by atoms with Gasteiger partial charge < -0.3 is 0 Å². The molecule has 0 saturated heterocycles. The van der Waals surface area contributed by atoms with E-state index in [0.29, 0.717) is 0 Å². The summed E-state index contributed by atoms with van der Waals surface area (Å²) in [6.07, 6.45) is 0. The summed E-state index contributed by atoms with van der Waals surface area (Å²) in [5.74, 6) is 0. The van der Waals surface area contributed by atoms with Gasteiger partial charge in [-0.1, -0.05) is 0 Å². The van der Waals surface area contributed by atoms with Gasteiger partial charge in [0.25, 0.3) is 0 Å². The average Bonchev–Trinajstić information content (AvgIpc) is 2.04. The summed E-state index contributed by atoms with van der Waals surface area (Å²) in [4.78, 5) is 0. The fourth-order valence-corrected chi connectivity index (χ4v) is 1.79. The van der Waals surface area contributed by atoms with E-state index in [9.17, 15) is 0 Å². The molecule has 1 unspecified atom stereocenters. The van der Waals surface area contributed by atoms with Crippen molar-refractivity contribution in [2.75, 3.05) is 0 Å². The summed E-state index contributed by atoms with van der Waals surface area (Å²) in [6, 6.07) is 15.0. The molecule has 0 aliphatic heterocycles. The maximum absolute atomic E-state index is 2.23. The van der Waals surface area contributed by atoms with Crippen LogP contribution in [-0.4, -0.2) is 16.9 Å². The zero-order valence-electron chi connectivity index (χ0n) is 6.12. The molecule has 0 heterocycles. The molecule has 54 valence electrons. The van der Waals surface area contributed by atoms with Crippen LogP contribution < -0.4 is 4.35 Å². The second-order valence-corrected chi connectivity index (χ2v) is 4.01. The molecule has 0 aliphatic rings. The van der Waals surface area contributed by atoms with Crippen molar-refractivity contribution in [1.82, 2.24) is 0 Å². The number of benzene rings is 2. The SMILES string of the molecule is [AsH2]c1ccc2ccccc2c1. The van der Waals surface area contributed by atoms with Crippen LogP contribution in [0.1, 0.15) is 0 Å². The first-order valence-corrected chi connectivity index (χ1v) is 4.82. The zero-order valence-corrected chi connectivity index (χ0v) is 8.54. The van der Waals surface area contributed by atoms with Crippen molar-refractivity contribution >= 4 is 32.0 Å². The predicted molar refractivity (Wildman–Crippen MR) is 52.1 cm³/mol. The Balaban J connectivity index is 2.83. The van der Waals surface area contributed by atoms with Gasteiger partial charge in [-0.3, -0.25) is 0 Å². The molecular weight excluding hydrogens is 195 g/mol. The fraction of sp³-hybridized carbons (Fsp3) is 0. The van der Waals surface area contributed by atoms with E-state index in [0.717, 1.165) is 0 Å². The Labute approximate surface area is 74.7 Å². The summed E-state index contributed by atoms with van der Waals surface area (Å²) >= 11 is 1.68. The monoisotopic (exact) mass is 204 g/mol. The van der Waals surface area contributed by atoms with Crippen molar-refractivity contribution in [1.29, 1.82) is 0 Å². The molecule has 2 rings (SSSR count). The van der Waals surface area contributed by atoms with Gasteiger partial charge in [0.2, 0.25) is 0 Å². The van der Waals surface area contributed by atoms with Crippen LogP contribution in [0.25, 0.3) is 10.8 Å². The molecule has 0 aliphatic carbocycles. The molecule has 1 atom stereocenters. The first kappa shape index (κ1) is 6.94. The Kier molecular flexibility index (Phi) is 1.71. The Hall–Kier alpha value is -0.742. The minimum absolute atomic E-state index is 1.33. The van der Waals surface area contributed by atoms with Crippen LogP contribution >= 0.6 is 0 Å². The normalized spacial score (nSPS) is 10.3. The van der Waals surface area contributed by atoms with E-state index in [1.165, 1.54) is 15.1 Å². The van der Waals surface area contributed by atoms with Crippen molar-refractivity contribution in [3.8, 4) is 0 Å². The molecule has 1 heteroatoms. The van der Waals surface area contributed by atoms with E-state index in [1.807, 2.05) is 0 Å². The molecule has 11 heavy (non-hydrogen) atoms. The van der Waals surface area contributed by atoms with Crippen molar-refractivity contribution in [2.24, 2.45) is 0 Å². The first-order chi connectivity index (χ1) is 5.36. The topological polar surface area (TPSA) is 0 Å². The molecule has 0 spiro atoms. The molecule has 0 N–H and O–H groups in total. The molecule has 0 bridgehead atoms. The summed E-state index contributed by atoms with van der Waals surface area (Å²) in [7, 11) is 0. The quantitative estimate of drug-likeness (QED) is 0.563. The summed E-state index contributed by atoms with van der Waals surface area (Å²) in [5, 5.41) is 2.67. The van der Waals surface area contributed by atoms with Gasteiger partial charge in [0.15, 0.2) is 0 Å². The van der Waals surface area contributed by atoms with E-state index >= 15 is 0 Å². The summed E-state index contributed by atoms with van der Waals surface area (Å²) in [6.45, 7) is 0. The van der Waals surface area contributed by atoms with Gasteiger partial charge in [-0.05, 0) is 0 Å². The third-order valence-corrected chi connectivity index (χ3v) is 2.53. The summed E-state index contributed by atoms with van der Waals surface area (Å²) in [5.41, 5.74) is 0. The molecule has 0 saturated carbocycles. The van der Waals surface area contributed by atoms with Crippen LogP contribution in [0.4, 0.5) is 0 Å². The van der Waals surface area contributed by atoms with Crippen LogP contribution in [0.3, 0.4) is 0 Å². The van der Waals surface area contributed by atoms with Crippen molar-refractivity contribution < 1.29 is 0 Å². The molecule has 0 nitrogen and oxygen atoms in total. The van der Waals surface area contributed by atoms with Gasteiger partial charge in [0, 0.05) is 0 Å². The molecule has 2 aromatic carbocycles. The van der Waals surface area contributed by atoms with Crippen molar-refractivity contribution in [2.45, 2.75) is 0 Å². The first-order valence-electron chi connectivity index (χ1n) is 3.60. The minimum atomic E-state index is 1.33. The number of rotatable bonds is 0. The third kappa shape index (κ3) is 1.32. The van der Waals surface area contributed by atoms with Gasteiger partial charge in [-0.15, -0.1) is 0 Å². The van der Waals surface area contributed by atoms with E-state index < -0.39 is 0 Å². The van der Waals surface area contributed by atoms with Crippen molar-refractivity contribution in [3.63, 3.8) is 0 Å². The second kappa shape index (κ2) is 2.71. The van der Waals surface area contributed by atoms with Gasteiger partial charge in [-0.25, -0.2) is 0 Å². The van der Waals surface area contributed by atoms with Crippen LogP contribution in [0.5, 0.6) is 0 Å². The van der Waals surface area contributed by atoms with Crippen LogP contribution in [0, 0.1) is 0 Å². The van der Waals surface area contributed by atoms with E-state index in [1.54, 1.807) is 16.9 Å². The van der Waals surface area contributed by atoms with Crippen LogP contribution in [0.2, 0.25) is 0 Å². The third-order valence-electron chi connectivity index (χ3n) is 1.77. The number of hydrogen-bond acceptors (Lipinski definition) is 0. The van der Waals surface area contributed by atoms with Crippen LogP contribution in [0.15, 0.2) is 42.5 Å². The maximum atomic E-state index is 2.23.